The van der Waals surface area contributed by atoms with Gasteiger partial charge in [-0.3, -0.25) is 0 Å². The van der Waals surface area contributed by atoms with Gasteiger partial charge in [0.05, 0.1) is 0 Å². The fraction of sp³-hybridized carbons (Fsp3) is 0. The summed E-state index contributed by atoms with van der Waals surface area (Å²) in [7, 11) is -5.61. The summed E-state index contributed by atoms with van der Waals surface area (Å²) in [6, 6.07) is 0. The van der Waals surface area contributed by atoms with Crippen LogP contribution in [0.15, 0.2) is 0 Å². The molecule has 0 amide bonds. The van der Waals surface area contributed by atoms with Crippen LogP contribution in [0.5, 0.6) is 0 Å². The average molecular weight is 245 g/mol. The second-order valence-electron chi connectivity index (χ2n) is 0.500. The molecular weight excluding hydrogens is 245 g/mol. The summed E-state index contributed by atoms with van der Waals surface area (Å²) >= 11 is 0. The van der Waals surface area contributed by atoms with Crippen LogP contribution in [0.1, 0.15) is 0 Å². The Labute approximate surface area is 117 Å². The van der Waals surface area contributed by atoms with Gasteiger partial charge in [0.15, 0.2) is 0 Å². The Morgan fingerprint density at radius 1 is 0.778 bits per heavy atom. The van der Waals surface area contributed by atoms with Crippen molar-refractivity contribution in [2.24, 2.45) is 0 Å². The standard InChI is InChI=1S/2Na.O4Si.O.Zr/c;;1-5(2,3)4;;/q2*+1;-4;-2;+4. The third-order valence-corrected chi connectivity index (χ3v) is 0. The molecule has 0 atom stereocenters. The summed E-state index contributed by atoms with van der Waals surface area (Å²) in [5, 5.41) is 0. The van der Waals surface area contributed by atoms with E-state index in [9.17, 15) is 0 Å². The van der Waals surface area contributed by atoms with Gasteiger partial charge < -0.3 is 33.7 Å². The second-order valence-corrected chi connectivity index (χ2v) is 1.50. The molecule has 5 nitrogen and oxygen atoms in total. The molecule has 0 saturated heterocycles. The molecule has 0 rings (SSSR count). The third-order valence-electron chi connectivity index (χ3n) is 0. The molecule has 0 aliphatic rings. The average Bonchev–Trinajstić information content (AvgIpc) is 0.722. The van der Waals surface area contributed by atoms with E-state index in [1.165, 1.54) is 0 Å². The van der Waals surface area contributed by atoms with E-state index in [4.69, 9.17) is 19.2 Å². The first-order valence-corrected chi connectivity index (χ1v) is 2.45. The van der Waals surface area contributed by atoms with Crippen LogP contribution in [0.4, 0.5) is 0 Å². The van der Waals surface area contributed by atoms with Gasteiger partial charge in [-0.2, -0.15) is 0 Å². The van der Waals surface area contributed by atoms with Crippen molar-refractivity contribution in [1.82, 2.24) is 0 Å². The van der Waals surface area contributed by atoms with Gasteiger partial charge in [0.1, 0.15) is 0 Å². The number of rotatable bonds is 0. The first-order valence-electron chi connectivity index (χ1n) is 0.816. The summed E-state index contributed by atoms with van der Waals surface area (Å²) < 4.78 is 0. The molecule has 0 aromatic rings. The molecule has 0 fully saturated rings. The van der Waals surface area contributed by atoms with E-state index in [0.29, 0.717) is 0 Å². The van der Waals surface area contributed by atoms with E-state index < -0.39 is 9.05 Å². The fourth-order valence-electron chi connectivity index (χ4n) is 0. The van der Waals surface area contributed by atoms with Crippen LogP contribution in [0.25, 0.3) is 0 Å². The Balaban J connectivity index is -0.0000000133. The molecule has 0 heterocycles. The largest absolute Gasteiger partial charge is 4.00 e. The molecule has 0 aliphatic carbocycles. The molecule has 40 valence electrons. The van der Waals surface area contributed by atoms with Crippen LogP contribution in [0, 0.1) is 0 Å². The smallest absolute Gasteiger partial charge is 2.00 e. The fourth-order valence-corrected chi connectivity index (χ4v) is 0. The topological polar surface area (TPSA) is 121 Å². The molecule has 0 aliphatic heterocycles. The zero-order valence-corrected chi connectivity index (χ0v) is 12.5. The first kappa shape index (κ1) is 29.7. The Morgan fingerprint density at radius 3 is 0.778 bits per heavy atom. The van der Waals surface area contributed by atoms with Gasteiger partial charge in [0, 0.05) is 0 Å². The summed E-state index contributed by atoms with van der Waals surface area (Å²) in [5.41, 5.74) is 0. The zero-order chi connectivity index (χ0) is 4.50. The van der Waals surface area contributed by atoms with Crippen molar-refractivity contribution >= 4 is 9.05 Å². The van der Waals surface area contributed by atoms with E-state index >= 15 is 0 Å². The molecule has 0 unspecified atom stereocenters. The van der Waals surface area contributed by atoms with Crippen molar-refractivity contribution in [1.29, 1.82) is 0 Å². The minimum absolute atomic E-state index is 0. The van der Waals surface area contributed by atoms with Crippen LogP contribution in [-0.2, 0) is 31.7 Å². The summed E-state index contributed by atoms with van der Waals surface area (Å²) in [6.45, 7) is 0. The van der Waals surface area contributed by atoms with Gasteiger partial charge in [-0.05, 0) is 0 Å². The van der Waals surface area contributed by atoms with E-state index in [-0.39, 0.29) is 90.8 Å². The monoisotopic (exact) mass is 244 g/mol. The predicted molar refractivity (Wildman–Crippen MR) is 6.44 cm³/mol. The molecule has 0 N–H and O–H groups in total. The molecule has 0 bridgehead atoms. The Morgan fingerprint density at radius 2 is 0.778 bits per heavy atom. The summed E-state index contributed by atoms with van der Waals surface area (Å²) in [5.74, 6) is 0. The van der Waals surface area contributed by atoms with Gasteiger partial charge in [-0.1, -0.05) is 0 Å². The second kappa shape index (κ2) is 13.5. The minimum Gasteiger partial charge on any atom is -2.00 e. The van der Waals surface area contributed by atoms with E-state index in [2.05, 4.69) is 0 Å². The third kappa shape index (κ3) is 103. The molecule has 9 heteroatoms. The summed E-state index contributed by atoms with van der Waals surface area (Å²) in [4.78, 5) is 34.3. The van der Waals surface area contributed by atoms with Crippen LogP contribution in [0.2, 0.25) is 0 Å². The van der Waals surface area contributed by atoms with Crippen LogP contribution in [-0.4, -0.2) is 9.05 Å². The maximum absolute atomic E-state index is 8.58. The van der Waals surface area contributed by atoms with Gasteiger partial charge >= 0.3 is 85.3 Å². The SMILES string of the molecule is [Na+].[Na+].[O-2].[O-][Si]([O-])([O-])[O-].[Zr+4]. The van der Waals surface area contributed by atoms with Gasteiger partial charge in [-0.15, -0.1) is 0 Å². The van der Waals surface area contributed by atoms with Crippen molar-refractivity contribution in [3.8, 4) is 0 Å². The van der Waals surface area contributed by atoms with Crippen molar-refractivity contribution in [2.75, 3.05) is 0 Å². The van der Waals surface area contributed by atoms with Crippen LogP contribution in [0.3, 0.4) is 0 Å². The maximum Gasteiger partial charge on any atom is 4.00 e. The Kier molecular flexibility index (Phi) is 44.5. The maximum atomic E-state index is 8.58. The molecule has 0 aromatic heterocycles. The minimum atomic E-state index is -5.61. The molecule has 0 radical (unpaired) electrons. The number of hydrogen-bond donors (Lipinski definition) is 0. The predicted octanol–water partition coefficient (Wildman–Crippen LogP) is -11.3. The molecule has 0 aromatic carbocycles. The normalized spacial score (nSPS) is 6.67. The van der Waals surface area contributed by atoms with Crippen molar-refractivity contribution in [3.63, 3.8) is 0 Å². The zero-order valence-electron chi connectivity index (χ0n) is 5.04. The van der Waals surface area contributed by atoms with Crippen LogP contribution < -0.4 is 78.3 Å². The Hall–Kier alpha value is 2.90. The number of hydrogen-bond acceptors (Lipinski definition) is 4. The van der Waals surface area contributed by atoms with Crippen molar-refractivity contribution in [3.05, 3.63) is 0 Å². The first-order chi connectivity index (χ1) is 2.00. The van der Waals surface area contributed by atoms with E-state index in [0.717, 1.165) is 0 Å². The molecular formula is Na2O5SiZr. The molecule has 0 spiro atoms. The van der Waals surface area contributed by atoms with Crippen molar-refractivity contribution in [2.45, 2.75) is 0 Å². The molecule has 0 saturated carbocycles. The van der Waals surface area contributed by atoms with E-state index in [1.54, 1.807) is 0 Å². The summed E-state index contributed by atoms with van der Waals surface area (Å²) in [6.07, 6.45) is 0. The van der Waals surface area contributed by atoms with E-state index in [1.807, 2.05) is 0 Å². The van der Waals surface area contributed by atoms with Gasteiger partial charge in [-0.25, -0.2) is 0 Å². The quantitative estimate of drug-likeness (QED) is 0.393. The van der Waals surface area contributed by atoms with Gasteiger partial charge in [0.2, 0.25) is 0 Å². The molecule has 9 heavy (non-hydrogen) atoms. The van der Waals surface area contributed by atoms with Gasteiger partial charge in [0.25, 0.3) is 0 Å². The van der Waals surface area contributed by atoms with Crippen molar-refractivity contribution < 1.29 is 110 Å². The Bertz CT molecular complexity index is 30.4. The van der Waals surface area contributed by atoms with Crippen LogP contribution >= 0.6 is 0 Å².